The smallest absolute Gasteiger partial charge is 0.243 e. The van der Waals surface area contributed by atoms with Crippen LogP contribution in [-0.4, -0.2) is 42.4 Å². The second kappa shape index (κ2) is 9.51. The number of rotatable bonds is 8. The standard InChI is InChI=1S/C20H28BrN3O2/c21-17-8-4-5-9-18(17)23-19(25)12-22-20(26)14-24(16-10-11-16)13-15-6-2-1-3-7-15/h4-5,8-9,15-16H,1-3,6-7,10-14H2,(H,22,26)(H,23,25). The molecule has 5 nitrogen and oxygen atoms in total. The van der Waals surface area contributed by atoms with Crippen LogP contribution in [0.4, 0.5) is 5.69 Å². The van der Waals surface area contributed by atoms with Crippen molar-refractivity contribution in [1.82, 2.24) is 10.2 Å². The molecule has 142 valence electrons. The van der Waals surface area contributed by atoms with Gasteiger partial charge < -0.3 is 10.6 Å². The Labute approximate surface area is 164 Å². The summed E-state index contributed by atoms with van der Waals surface area (Å²) < 4.78 is 0.826. The Kier molecular flexibility index (Phi) is 7.08. The number of halogens is 1. The molecule has 6 heteroatoms. The summed E-state index contributed by atoms with van der Waals surface area (Å²) >= 11 is 3.40. The Morgan fingerprint density at radius 2 is 1.77 bits per heavy atom. The molecule has 0 radical (unpaired) electrons. The molecule has 0 aliphatic heterocycles. The van der Waals surface area contributed by atoms with E-state index in [9.17, 15) is 9.59 Å². The van der Waals surface area contributed by atoms with E-state index in [1.165, 1.54) is 44.9 Å². The average molecular weight is 422 g/mol. The summed E-state index contributed by atoms with van der Waals surface area (Å²) in [4.78, 5) is 26.7. The maximum Gasteiger partial charge on any atom is 0.243 e. The topological polar surface area (TPSA) is 61.4 Å². The molecule has 2 saturated carbocycles. The minimum atomic E-state index is -0.212. The first-order valence-electron chi connectivity index (χ1n) is 9.67. The molecule has 26 heavy (non-hydrogen) atoms. The van der Waals surface area contributed by atoms with Gasteiger partial charge in [-0.2, -0.15) is 0 Å². The summed E-state index contributed by atoms with van der Waals surface area (Å²) in [5.41, 5.74) is 0.712. The molecule has 0 heterocycles. The highest BCUT2D eigenvalue weighted by Gasteiger charge is 2.32. The fourth-order valence-electron chi connectivity index (χ4n) is 3.66. The van der Waals surface area contributed by atoms with Crippen molar-refractivity contribution in [2.45, 2.75) is 51.0 Å². The maximum atomic E-state index is 12.3. The van der Waals surface area contributed by atoms with Crippen molar-refractivity contribution < 1.29 is 9.59 Å². The van der Waals surface area contributed by atoms with Gasteiger partial charge in [0.25, 0.3) is 0 Å². The van der Waals surface area contributed by atoms with Gasteiger partial charge in [-0.25, -0.2) is 0 Å². The summed E-state index contributed by atoms with van der Waals surface area (Å²) in [7, 11) is 0. The fraction of sp³-hybridized carbons (Fsp3) is 0.600. The average Bonchev–Trinajstić information content (AvgIpc) is 3.47. The van der Waals surface area contributed by atoms with E-state index in [1.54, 1.807) is 0 Å². The van der Waals surface area contributed by atoms with E-state index in [-0.39, 0.29) is 18.4 Å². The van der Waals surface area contributed by atoms with E-state index in [2.05, 4.69) is 31.5 Å². The van der Waals surface area contributed by atoms with Crippen LogP contribution in [0.25, 0.3) is 0 Å². The number of amides is 2. The number of carbonyl (C=O) groups excluding carboxylic acids is 2. The predicted molar refractivity (Wildman–Crippen MR) is 107 cm³/mol. The summed E-state index contributed by atoms with van der Waals surface area (Å²) in [5.74, 6) is 0.460. The zero-order valence-electron chi connectivity index (χ0n) is 15.2. The Balaban J connectivity index is 1.41. The SMILES string of the molecule is O=C(CN(CC1CCCCC1)C1CC1)NCC(=O)Nc1ccccc1Br. The molecule has 0 bridgehead atoms. The van der Waals surface area contributed by atoms with Crippen LogP contribution >= 0.6 is 15.9 Å². The number of nitrogens with one attached hydrogen (secondary N) is 2. The number of nitrogens with zero attached hydrogens (tertiary/aromatic N) is 1. The molecule has 2 fully saturated rings. The minimum absolute atomic E-state index is 0.00209. The Morgan fingerprint density at radius 3 is 2.46 bits per heavy atom. The van der Waals surface area contributed by atoms with Gasteiger partial charge in [0.1, 0.15) is 0 Å². The van der Waals surface area contributed by atoms with Crippen molar-refractivity contribution in [2.24, 2.45) is 5.92 Å². The van der Waals surface area contributed by atoms with Crippen LogP contribution in [0.5, 0.6) is 0 Å². The number of carbonyl (C=O) groups is 2. The minimum Gasteiger partial charge on any atom is -0.346 e. The fourth-order valence-corrected chi connectivity index (χ4v) is 4.04. The van der Waals surface area contributed by atoms with Crippen molar-refractivity contribution in [1.29, 1.82) is 0 Å². The number of para-hydroxylation sites is 1. The largest absolute Gasteiger partial charge is 0.346 e. The highest BCUT2D eigenvalue weighted by Crippen LogP contribution is 2.31. The highest BCUT2D eigenvalue weighted by atomic mass is 79.9. The van der Waals surface area contributed by atoms with Crippen LogP contribution in [0.1, 0.15) is 44.9 Å². The van der Waals surface area contributed by atoms with E-state index >= 15 is 0 Å². The molecule has 0 atom stereocenters. The summed E-state index contributed by atoms with van der Waals surface area (Å²) in [6.45, 7) is 1.44. The van der Waals surface area contributed by atoms with Crippen LogP contribution in [0.15, 0.2) is 28.7 Å². The normalized spacial score (nSPS) is 17.9. The van der Waals surface area contributed by atoms with Crippen LogP contribution in [0.3, 0.4) is 0 Å². The Bertz CT molecular complexity index is 627. The van der Waals surface area contributed by atoms with Crippen LogP contribution in [0, 0.1) is 5.92 Å². The van der Waals surface area contributed by atoms with Crippen molar-refractivity contribution in [3.05, 3.63) is 28.7 Å². The lowest BCUT2D eigenvalue weighted by Crippen LogP contribution is -2.43. The third-order valence-corrected chi connectivity index (χ3v) is 5.91. The molecule has 3 rings (SSSR count). The Hall–Kier alpha value is -1.40. The van der Waals surface area contributed by atoms with Gasteiger partial charge in [0.2, 0.25) is 11.8 Å². The first-order valence-corrected chi connectivity index (χ1v) is 10.5. The van der Waals surface area contributed by atoms with E-state index in [0.717, 1.165) is 16.9 Å². The van der Waals surface area contributed by atoms with E-state index in [0.29, 0.717) is 18.3 Å². The van der Waals surface area contributed by atoms with Gasteiger partial charge >= 0.3 is 0 Å². The second-order valence-electron chi connectivity index (χ2n) is 7.47. The lowest BCUT2D eigenvalue weighted by molar-refractivity contribution is -0.125. The van der Waals surface area contributed by atoms with E-state index in [1.807, 2.05) is 24.3 Å². The van der Waals surface area contributed by atoms with Gasteiger partial charge in [-0.1, -0.05) is 31.4 Å². The van der Waals surface area contributed by atoms with Gasteiger partial charge in [-0.05, 0) is 59.7 Å². The molecule has 0 spiro atoms. The Morgan fingerprint density at radius 1 is 1.04 bits per heavy atom. The van der Waals surface area contributed by atoms with Crippen molar-refractivity contribution in [2.75, 3.05) is 25.0 Å². The lowest BCUT2D eigenvalue weighted by Gasteiger charge is -2.29. The zero-order chi connectivity index (χ0) is 18.4. The molecule has 2 aliphatic carbocycles. The molecule has 1 aromatic rings. The molecular weight excluding hydrogens is 394 g/mol. The van der Waals surface area contributed by atoms with Crippen LogP contribution < -0.4 is 10.6 Å². The maximum absolute atomic E-state index is 12.3. The third-order valence-electron chi connectivity index (χ3n) is 5.22. The van der Waals surface area contributed by atoms with E-state index in [4.69, 9.17) is 0 Å². The summed E-state index contributed by atoms with van der Waals surface area (Å²) in [6.07, 6.45) is 8.98. The molecule has 2 amide bonds. The van der Waals surface area contributed by atoms with Gasteiger partial charge in [0.05, 0.1) is 18.8 Å². The first kappa shape index (κ1) is 19.4. The first-order chi connectivity index (χ1) is 12.6. The van der Waals surface area contributed by atoms with Crippen molar-refractivity contribution in [3.63, 3.8) is 0 Å². The summed E-state index contributed by atoms with van der Waals surface area (Å²) in [5, 5.41) is 5.57. The summed E-state index contributed by atoms with van der Waals surface area (Å²) in [6, 6.07) is 8.00. The second-order valence-corrected chi connectivity index (χ2v) is 8.32. The quantitative estimate of drug-likeness (QED) is 0.674. The molecule has 2 N–H and O–H groups in total. The predicted octanol–water partition coefficient (Wildman–Crippen LogP) is 3.55. The number of hydrogen-bond donors (Lipinski definition) is 2. The molecular formula is C20H28BrN3O2. The van der Waals surface area contributed by atoms with Gasteiger partial charge in [-0.3, -0.25) is 14.5 Å². The molecule has 2 aliphatic rings. The third kappa shape index (κ3) is 6.09. The molecule has 1 aromatic carbocycles. The zero-order valence-corrected chi connectivity index (χ0v) is 16.8. The number of hydrogen-bond acceptors (Lipinski definition) is 3. The lowest BCUT2D eigenvalue weighted by atomic mass is 9.89. The highest BCUT2D eigenvalue weighted by molar-refractivity contribution is 9.10. The van der Waals surface area contributed by atoms with E-state index < -0.39 is 0 Å². The number of benzene rings is 1. The van der Waals surface area contributed by atoms with Crippen LogP contribution in [0.2, 0.25) is 0 Å². The van der Waals surface area contributed by atoms with Gasteiger partial charge in [-0.15, -0.1) is 0 Å². The van der Waals surface area contributed by atoms with Gasteiger partial charge in [0.15, 0.2) is 0 Å². The molecule has 0 saturated heterocycles. The van der Waals surface area contributed by atoms with Crippen molar-refractivity contribution in [3.8, 4) is 0 Å². The molecule has 0 aromatic heterocycles. The van der Waals surface area contributed by atoms with Gasteiger partial charge in [0, 0.05) is 17.1 Å². The number of anilines is 1. The monoisotopic (exact) mass is 421 g/mol. The van der Waals surface area contributed by atoms with Crippen molar-refractivity contribution >= 4 is 33.4 Å². The molecule has 0 unspecified atom stereocenters. The van der Waals surface area contributed by atoms with Crippen LogP contribution in [-0.2, 0) is 9.59 Å².